The largest absolute Gasteiger partial charge is 0.310 e. The van der Waals surface area contributed by atoms with Crippen LogP contribution in [0.4, 0.5) is 68.2 Å². The van der Waals surface area contributed by atoms with Gasteiger partial charge in [0.05, 0.1) is 22.7 Å². The first-order valence-electron chi connectivity index (χ1n) is 45.0. The van der Waals surface area contributed by atoms with E-state index in [4.69, 9.17) is 0 Å². The number of benzene rings is 23. The molecule has 8 heteroatoms. The second-order valence-corrected chi connectivity index (χ2v) is 38.6. The summed E-state index contributed by atoms with van der Waals surface area (Å²) in [6.07, 6.45) is 0. The Morgan fingerprint density at radius 3 is 0.788 bits per heavy atom. The smallest absolute Gasteiger partial charge is 0.0619 e. The van der Waals surface area contributed by atoms with Gasteiger partial charge >= 0.3 is 0 Å². The van der Waals surface area contributed by atoms with Crippen molar-refractivity contribution < 1.29 is 0 Å². The lowest BCUT2D eigenvalue weighted by Crippen LogP contribution is -2.14. The first-order chi connectivity index (χ1) is 65.3. The molecular formula is C124H82N4S4. The van der Waals surface area contributed by atoms with Gasteiger partial charge < -0.3 is 19.6 Å². The molecule has 0 fully saturated rings. The minimum Gasteiger partial charge on any atom is -0.310 e. The van der Waals surface area contributed by atoms with Crippen LogP contribution in [0.3, 0.4) is 0 Å². The van der Waals surface area contributed by atoms with Gasteiger partial charge in [-0.2, -0.15) is 0 Å². The second kappa shape index (κ2) is 32.8. The fraction of sp³-hybridized carbons (Fsp3) is 0.0161. The summed E-state index contributed by atoms with van der Waals surface area (Å²) in [6.45, 7) is 4.38. The summed E-state index contributed by atoms with van der Waals surface area (Å²) in [5, 5.41) is 28.0. The molecule has 0 aliphatic carbocycles. The number of aryl methyl sites for hydroxylation is 2. The van der Waals surface area contributed by atoms with Crippen molar-refractivity contribution in [3.8, 4) is 11.1 Å². The molecular weight excluding hydrogens is 1670 g/mol. The van der Waals surface area contributed by atoms with Crippen molar-refractivity contribution in [2.75, 3.05) is 19.6 Å². The van der Waals surface area contributed by atoms with Gasteiger partial charge in [-0.25, -0.2) is 0 Å². The molecule has 0 saturated heterocycles. The standard InChI is InChI=1S/C50H32N2S2.C38H25NS.C36H25NS/c1-3-15-33(16-4-1)51(35-27-29-47-43(31-35)37-19-11-13-25-45(37)53-47)49-39-21-7-9-23-41(39)50(42-24-10-8-22-40(42)49)52(34-17-5-2-6-18-34)36-28-30-48-44(32-36)38-20-12-14-26-46(38)54-48;1-3-13-26(14-4-1)37-30-18-7-9-20-32(30)38(33-21-10-8-19-31(33)37)39(27-15-5-2-6-16-27)28-23-24-36-34(25-28)29-17-11-12-22-35(29)40-36;1-22-18-23(2)20-28(19-22)37(27-14-17-34-31(21-27)29-8-3-4-9-33(29)38-34)32-16-13-26-11-10-24-6-5-7-25-12-15-30(32)36(26)35(24)25/h1-32H;1-25H;3-21H,1-2H3. The van der Waals surface area contributed by atoms with Gasteiger partial charge in [0.2, 0.25) is 0 Å². The van der Waals surface area contributed by atoms with Gasteiger partial charge in [-0.3, -0.25) is 0 Å². The number of hydrogen-bond acceptors (Lipinski definition) is 8. The molecule has 0 aliphatic rings. The Hall–Kier alpha value is -15.8. The van der Waals surface area contributed by atoms with Crippen molar-refractivity contribution >= 4 is 270 Å². The maximum atomic E-state index is 2.47. The summed E-state index contributed by atoms with van der Waals surface area (Å²) < 4.78 is 10.5. The molecule has 27 aromatic rings. The van der Waals surface area contributed by atoms with E-state index in [2.05, 4.69) is 494 Å². The Morgan fingerprint density at radius 1 is 0.159 bits per heavy atom. The van der Waals surface area contributed by atoms with Gasteiger partial charge in [0.15, 0.2) is 0 Å². The molecule has 0 amide bonds. The molecule has 0 bridgehead atoms. The van der Waals surface area contributed by atoms with E-state index >= 15 is 0 Å². The third kappa shape index (κ3) is 13.5. The highest BCUT2D eigenvalue weighted by molar-refractivity contribution is 7.27. The van der Waals surface area contributed by atoms with Crippen molar-refractivity contribution in [3.05, 3.63) is 472 Å². The summed E-state index contributed by atoms with van der Waals surface area (Å²) in [5.74, 6) is 0. The van der Waals surface area contributed by atoms with Crippen LogP contribution in [-0.2, 0) is 0 Å². The number of fused-ring (bicyclic) bond motifs is 16. The molecule has 0 unspecified atom stereocenters. The zero-order valence-electron chi connectivity index (χ0n) is 72.3. The van der Waals surface area contributed by atoms with Crippen LogP contribution in [0.1, 0.15) is 11.1 Å². The van der Waals surface area contributed by atoms with Crippen LogP contribution < -0.4 is 19.6 Å². The number of anilines is 12. The number of rotatable bonds is 13. The van der Waals surface area contributed by atoms with E-state index in [1.165, 1.54) is 212 Å². The third-order valence-electron chi connectivity index (χ3n) is 26.2. The van der Waals surface area contributed by atoms with Crippen LogP contribution in [0, 0.1) is 13.8 Å². The molecule has 4 heterocycles. The molecule has 0 spiro atoms. The monoisotopic (exact) mass is 1750 g/mol. The zero-order chi connectivity index (χ0) is 87.4. The van der Waals surface area contributed by atoms with Crippen LogP contribution in [0.15, 0.2) is 461 Å². The van der Waals surface area contributed by atoms with Gasteiger partial charge in [-0.15, -0.1) is 45.3 Å². The van der Waals surface area contributed by atoms with E-state index in [9.17, 15) is 0 Å². The highest BCUT2D eigenvalue weighted by Crippen LogP contribution is 2.56. The molecule has 0 saturated carbocycles. The van der Waals surface area contributed by atoms with Crippen LogP contribution in [0.5, 0.6) is 0 Å². The first kappa shape index (κ1) is 78.5. The van der Waals surface area contributed by atoms with E-state index in [-0.39, 0.29) is 0 Å². The minimum atomic E-state index is 1.12. The SMILES string of the molecule is Cc1cc(C)cc(N(c2ccc3sc4ccccc4c3c2)c2ccc3ccc4cccc5ccc2c3c45)c1.c1ccc(-c2c3ccccc3c(N(c3ccccc3)c3ccc4sc5ccccc5c4c3)c3ccccc23)cc1.c1ccc(N(c2ccc3sc4ccccc4c3c2)c2c3ccccc3c(N(c3ccccc3)c3ccc4sc5ccccc5c4c3)c3ccccc23)cc1. The lowest BCUT2D eigenvalue weighted by molar-refractivity contribution is 1.27. The predicted octanol–water partition coefficient (Wildman–Crippen LogP) is 38.2. The molecule has 0 radical (unpaired) electrons. The number of thiophene rings is 4. The summed E-state index contributed by atoms with van der Waals surface area (Å²) in [5.41, 5.74) is 19.0. The van der Waals surface area contributed by atoms with Gasteiger partial charge in [-0.1, -0.05) is 309 Å². The topological polar surface area (TPSA) is 13.0 Å². The van der Waals surface area contributed by atoms with E-state index in [0.29, 0.717) is 0 Å². The van der Waals surface area contributed by atoms with Crippen LogP contribution in [-0.4, -0.2) is 0 Å². The summed E-state index contributed by atoms with van der Waals surface area (Å²) in [6, 6.07) is 169. The van der Waals surface area contributed by atoms with E-state index in [0.717, 1.165) is 34.1 Å². The Kier molecular flexibility index (Phi) is 19.5. The Bertz CT molecular complexity index is 8810. The van der Waals surface area contributed by atoms with E-state index in [1.54, 1.807) is 0 Å². The summed E-state index contributed by atoms with van der Waals surface area (Å²) in [7, 11) is 0. The molecule has 23 aromatic carbocycles. The number of nitrogens with zero attached hydrogens (tertiary/aromatic N) is 4. The predicted molar refractivity (Wildman–Crippen MR) is 578 cm³/mol. The third-order valence-corrected chi connectivity index (χ3v) is 30.8. The lowest BCUT2D eigenvalue weighted by Gasteiger charge is -2.33. The van der Waals surface area contributed by atoms with Crippen LogP contribution in [0.25, 0.3) is 167 Å². The first-order valence-corrected chi connectivity index (χ1v) is 48.3. The second-order valence-electron chi connectivity index (χ2n) is 34.2. The van der Waals surface area contributed by atoms with E-state index < -0.39 is 0 Å². The normalized spacial score (nSPS) is 11.7. The van der Waals surface area contributed by atoms with Crippen molar-refractivity contribution in [2.45, 2.75) is 13.8 Å². The summed E-state index contributed by atoms with van der Waals surface area (Å²) in [4.78, 5) is 9.84. The maximum absolute atomic E-state index is 2.47. The fourth-order valence-corrected chi connectivity index (χ4v) is 25.0. The minimum absolute atomic E-state index is 1.12. The Labute approximate surface area is 780 Å². The lowest BCUT2D eigenvalue weighted by atomic mass is 9.90. The Morgan fingerprint density at radius 2 is 0.432 bits per heavy atom. The fourth-order valence-electron chi connectivity index (χ4n) is 20.6. The quantitative estimate of drug-likeness (QED) is 0.0648. The molecule has 0 aliphatic heterocycles. The van der Waals surface area contributed by atoms with Crippen molar-refractivity contribution in [1.29, 1.82) is 0 Å². The van der Waals surface area contributed by atoms with E-state index in [1.807, 2.05) is 45.3 Å². The molecule has 4 aromatic heterocycles. The van der Waals surface area contributed by atoms with Crippen molar-refractivity contribution in [3.63, 3.8) is 0 Å². The van der Waals surface area contributed by atoms with Crippen molar-refractivity contribution in [2.24, 2.45) is 0 Å². The highest BCUT2D eigenvalue weighted by atomic mass is 32.1. The van der Waals surface area contributed by atoms with Crippen LogP contribution in [0.2, 0.25) is 0 Å². The molecule has 622 valence electrons. The van der Waals surface area contributed by atoms with Gasteiger partial charge in [0.25, 0.3) is 0 Å². The van der Waals surface area contributed by atoms with Gasteiger partial charge in [0, 0.05) is 164 Å². The molecule has 132 heavy (non-hydrogen) atoms. The number of hydrogen-bond donors (Lipinski definition) is 0. The highest BCUT2D eigenvalue weighted by Gasteiger charge is 2.29. The zero-order valence-corrected chi connectivity index (χ0v) is 75.6. The average Bonchev–Trinajstić information content (AvgIpc) is 0.751. The van der Waals surface area contributed by atoms with Crippen molar-refractivity contribution in [1.82, 2.24) is 0 Å². The molecule has 0 N–H and O–H groups in total. The number of para-hydroxylation sites is 3. The van der Waals surface area contributed by atoms with Gasteiger partial charge in [0.1, 0.15) is 0 Å². The molecule has 0 atom stereocenters. The molecule has 27 rings (SSSR count). The Balaban J connectivity index is 0.000000109. The summed E-state index contributed by atoms with van der Waals surface area (Å²) >= 11 is 7.44. The maximum Gasteiger partial charge on any atom is 0.0619 e. The molecule has 4 nitrogen and oxygen atoms in total. The van der Waals surface area contributed by atoms with Gasteiger partial charge in [-0.05, 0) is 225 Å². The average molecular weight is 1760 g/mol. The van der Waals surface area contributed by atoms with Crippen LogP contribution >= 0.6 is 45.3 Å².